The summed E-state index contributed by atoms with van der Waals surface area (Å²) in [6, 6.07) is 7.59. The molecule has 0 bridgehead atoms. The van der Waals surface area contributed by atoms with Crippen molar-refractivity contribution in [1.82, 2.24) is 0 Å². The highest BCUT2D eigenvalue weighted by molar-refractivity contribution is 6.88. The van der Waals surface area contributed by atoms with Gasteiger partial charge in [-0.05, 0) is 0 Å². The molecule has 0 aromatic heterocycles. The van der Waals surface area contributed by atoms with E-state index in [0.717, 1.165) is 0 Å². The molecule has 0 unspecified atom stereocenters. The number of carbonyl (C=O) groups excluding carboxylic acids is 1. The maximum absolute atomic E-state index is 11.1. The molecular weight excluding hydrogens is 192 g/mol. The molecule has 1 aromatic carbocycles. The molecule has 76 valence electrons. The largest absolute Gasteiger partial charge is 0.388 e. The molecule has 0 atom stereocenters. The van der Waals surface area contributed by atoms with Gasteiger partial charge in [-0.2, -0.15) is 0 Å². The molecule has 0 aliphatic rings. The van der Waals surface area contributed by atoms with Crippen LogP contribution in [-0.4, -0.2) is 25.6 Å². The smallest absolute Gasteiger partial charge is 0.188 e. The van der Waals surface area contributed by atoms with Crippen molar-refractivity contribution >= 4 is 19.0 Å². The van der Waals surface area contributed by atoms with E-state index in [0.29, 0.717) is 5.56 Å². The van der Waals surface area contributed by atoms with Crippen LogP contribution in [0.3, 0.4) is 0 Å². The number of carbonyl (C=O) groups is 1. The third kappa shape index (κ3) is 2.53. The van der Waals surface area contributed by atoms with E-state index in [4.69, 9.17) is 5.11 Å². The second kappa shape index (κ2) is 4.07. The Labute approximate surface area is 85.6 Å². The summed E-state index contributed by atoms with van der Waals surface area (Å²) >= 11 is 0. The van der Waals surface area contributed by atoms with Crippen molar-refractivity contribution in [2.45, 2.75) is 19.6 Å². The van der Waals surface area contributed by atoms with Crippen molar-refractivity contribution in [3.8, 4) is 0 Å². The highest BCUT2D eigenvalue weighted by Crippen LogP contribution is 2.04. The van der Waals surface area contributed by atoms with Crippen LogP contribution in [0.4, 0.5) is 0 Å². The van der Waals surface area contributed by atoms with Crippen LogP contribution < -0.4 is 5.19 Å². The zero-order valence-electron chi connectivity index (χ0n) is 8.87. The van der Waals surface area contributed by atoms with Crippen LogP contribution in [0.5, 0.6) is 0 Å². The molecule has 0 amide bonds. The van der Waals surface area contributed by atoms with Crippen molar-refractivity contribution in [1.29, 1.82) is 0 Å². The lowest BCUT2D eigenvalue weighted by atomic mass is 10.1. The molecule has 0 saturated carbocycles. The SMILES string of the molecule is C[Si](C)(C)c1ccc(C(=O)CO)cc1. The van der Waals surface area contributed by atoms with Crippen molar-refractivity contribution in [2.24, 2.45) is 0 Å². The van der Waals surface area contributed by atoms with Crippen LogP contribution in [0.2, 0.25) is 19.6 Å². The topological polar surface area (TPSA) is 37.3 Å². The Morgan fingerprint density at radius 2 is 1.71 bits per heavy atom. The number of hydrogen-bond acceptors (Lipinski definition) is 2. The molecule has 0 aliphatic heterocycles. The monoisotopic (exact) mass is 208 g/mol. The second-order valence-electron chi connectivity index (χ2n) is 4.41. The highest BCUT2D eigenvalue weighted by atomic mass is 28.3. The summed E-state index contributed by atoms with van der Waals surface area (Å²) < 4.78 is 0. The van der Waals surface area contributed by atoms with Gasteiger partial charge in [0.25, 0.3) is 0 Å². The minimum absolute atomic E-state index is 0.216. The van der Waals surface area contributed by atoms with E-state index in [1.54, 1.807) is 12.1 Å². The summed E-state index contributed by atoms with van der Waals surface area (Å²) in [6.07, 6.45) is 0. The Kier molecular flexibility index (Phi) is 3.24. The second-order valence-corrected chi connectivity index (χ2v) is 9.49. The molecule has 0 heterocycles. The molecule has 0 radical (unpaired) electrons. The molecule has 14 heavy (non-hydrogen) atoms. The third-order valence-electron chi connectivity index (χ3n) is 2.22. The van der Waals surface area contributed by atoms with Gasteiger partial charge in [0.05, 0.1) is 8.07 Å². The maximum atomic E-state index is 11.1. The van der Waals surface area contributed by atoms with E-state index in [9.17, 15) is 4.79 Å². The van der Waals surface area contributed by atoms with Crippen LogP contribution in [0.15, 0.2) is 24.3 Å². The predicted octanol–water partition coefficient (Wildman–Crippen LogP) is 1.41. The Morgan fingerprint density at radius 3 is 2.07 bits per heavy atom. The van der Waals surface area contributed by atoms with Crippen molar-refractivity contribution in [3.05, 3.63) is 29.8 Å². The normalized spacial score (nSPS) is 11.4. The molecule has 2 nitrogen and oxygen atoms in total. The van der Waals surface area contributed by atoms with Crippen LogP contribution in [0.1, 0.15) is 10.4 Å². The summed E-state index contributed by atoms with van der Waals surface area (Å²) in [5, 5.41) is 10.0. The van der Waals surface area contributed by atoms with Crippen molar-refractivity contribution in [3.63, 3.8) is 0 Å². The number of benzene rings is 1. The number of ketones is 1. The summed E-state index contributed by atoms with van der Waals surface area (Å²) in [7, 11) is -1.28. The first-order chi connectivity index (χ1) is 6.45. The van der Waals surface area contributed by atoms with Crippen LogP contribution in [-0.2, 0) is 0 Å². The minimum atomic E-state index is -1.28. The first kappa shape index (κ1) is 11.1. The van der Waals surface area contributed by atoms with Gasteiger partial charge in [0, 0.05) is 5.56 Å². The number of hydrogen-bond donors (Lipinski definition) is 1. The summed E-state index contributed by atoms with van der Waals surface area (Å²) in [6.45, 7) is 6.37. The zero-order valence-corrected chi connectivity index (χ0v) is 9.87. The van der Waals surface area contributed by atoms with E-state index >= 15 is 0 Å². The predicted molar refractivity (Wildman–Crippen MR) is 60.8 cm³/mol. The van der Waals surface area contributed by atoms with Crippen LogP contribution in [0, 0.1) is 0 Å². The van der Waals surface area contributed by atoms with E-state index in [1.165, 1.54) is 5.19 Å². The molecule has 3 heteroatoms. The zero-order chi connectivity index (χ0) is 10.8. The van der Waals surface area contributed by atoms with Crippen LogP contribution >= 0.6 is 0 Å². The lowest BCUT2D eigenvalue weighted by Crippen LogP contribution is -2.37. The fourth-order valence-corrected chi connectivity index (χ4v) is 2.41. The third-order valence-corrected chi connectivity index (χ3v) is 4.28. The fourth-order valence-electron chi connectivity index (χ4n) is 1.25. The van der Waals surface area contributed by atoms with Gasteiger partial charge in [-0.15, -0.1) is 0 Å². The summed E-state index contributed by atoms with van der Waals surface area (Å²) in [5.41, 5.74) is 0.592. The van der Waals surface area contributed by atoms with Gasteiger partial charge in [-0.1, -0.05) is 49.1 Å². The molecule has 1 N–H and O–H groups in total. The van der Waals surface area contributed by atoms with Gasteiger partial charge >= 0.3 is 0 Å². The van der Waals surface area contributed by atoms with Crippen LogP contribution in [0.25, 0.3) is 0 Å². The first-order valence-corrected chi connectivity index (χ1v) is 8.20. The Bertz CT molecular complexity index is 322. The molecule has 1 aromatic rings. The van der Waals surface area contributed by atoms with Gasteiger partial charge in [0.15, 0.2) is 5.78 Å². The van der Waals surface area contributed by atoms with Gasteiger partial charge in [-0.3, -0.25) is 4.79 Å². The average Bonchev–Trinajstić information content (AvgIpc) is 2.15. The lowest BCUT2D eigenvalue weighted by molar-refractivity contribution is 0.0904. The fraction of sp³-hybridized carbons (Fsp3) is 0.364. The molecule has 1 rings (SSSR count). The number of Topliss-reactive ketones (excluding diaryl/α,β-unsaturated/α-hetero) is 1. The molecule has 0 spiro atoms. The van der Waals surface area contributed by atoms with E-state index < -0.39 is 14.7 Å². The van der Waals surface area contributed by atoms with Gasteiger partial charge in [-0.25, -0.2) is 0 Å². The van der Waals surface area contributed by atoms with E-state index in [1.807, 2.05) is 12.1 Å². The summed E-state index contributed by atoms with van der Waals surface area (Å²) in [5.74, 6) is -0.216. The lowest BCUT2D eigenvalue weighted by Gasteiger charge is -2.16. The molecular formula is C11H16O2Si. The number of rotatable bonds is 3. The maximum Gasteiger partial charge on any atom is 0.188 e. The standard InChI is InChI=1S/C11H16O2Si/c1-14(2,3)10-6-4-9(5-7-10)11(13)8-12/h4-7,12H,8H2,1-3H3. The Morgan fingerprint density at radius 1 is 1.21 bits per heavy atom. The van der Waals surface area contributed by atoms with E-state index in [2.05, 4.69) is 19.6 Å². The molecule has 0 saturated heterocycles. The van der Waals surface area contributed by atoms with Gasteiger partial charge in [0.2, 0.25) is 0 Å². The van der Waals surface area contributed by atoms with E-state index in [-0.39, 0.29) is 5.78 Å². The number of aliphatic hydroxyl groups excluding tert-OH is 1. The number of aliphatic hydroxyl groups is 1. The van der Waals surface area contributed by atoms with Crippen molar-refractivity contribution < 1.29 is 9.90 Å². The molecule has 0 fully saturated rings. The first-order valence-electron chi connectivity index (χ1n) is 4.70. The molecule has 0 aliphatic carbocycles. The summed E-state index contributed by atoms with van der Waals surface area (Å²) in [4.78, 5) is 11.1. The Balaban J connectivity index is 2.95. The highest BCUT2D eigenvalue weighted by Gasteiger charge is 2.16. The van der Waals surface area contributed by atoms with Gasteiger partial charge in [0.1, 0.15) is 6.61 Å². The van der Waals surface area contributed by atoms with Crippen molar-refractivity contribution in [2.75, 3.05) is 6.61 Å². The average molecular weight is 208 g/mol. The quantitative estimate of drug-likeness (QED) is 0.602. The Hall–Kier alpha value is -0.933. The minimum Gasteiger partial charge on any atom is -0.388 e. The van der Waals surface area contributed by atoms with Gasteiger partial charge < -0.3 is 5.11 Å².